The van der Waals surface area contributed by atoms with Gasteiger partial charge in [0.2, 0.25) is 5.91 Å². The van der Waals surface area contributed by atoms with E-state index in [2.05, 4.69) is 17.3 Å². The predicted octanol–water partition coefficient (Wildman–Crippen LogP) is 3.24. The fraction of sp³-hybridized carbons (Fsp3) is 0.273. The lowest BCUT2D eigenvalue weighted by atomic mass is 10.2. The molecule has 0 radical (unpaired) electrons. The molecule has 0 aliphatic heterocycles. The van der Waals surface area contributed by atoms with Gasteiger partial charge in [0.05, 0.1) is 17.9 Å². The highest BCUT2D eigenvalue weighted by Crippen LogP contribution is 2.19. The second kappa shape index (κ2) is 8.64. The molecule has 0 spiro atoms. The monoisotopic (exact) mass is 362 g/mol. The fourth-order valence-electron chi connectivity index (χ4n) is 3.15. The zero-order valence-electron chi connectivity index (χ0n) is 16.1. The third kappa shape index (κ3) is 4.83. The first-order valence-corrected chi connectivity index (χ1v) is 9.14. The molecule has 1 heterocycles. The quantitative estimate of drug-likeness (QED) is 0.702. The lowest BCUT2D eigenvalue weighted by Gasteiger charge is -2.17. The second-order valence-corrected chi connectivity index (χ2v) is 6.83. The van der Waals surface area contributed by atoms with Crippen LogP contribution in [0.1, 0.15) is 22.5 Å². The number of aryl methyl sites for hydroxylation is 1. The molecule has 27 heavy (non-hydrogen) atoms. The van der Waals surface area contributed by atoms with Crippen LogP contribution in [0.4, 0.5) is 0 Å². The van der Waals surface area contributed by atoms with Crippen LogP contribution in [0.2, 0.25) is 0 Å². The summed E-state index contributed by atoms with van der Waals surface area (Å²) in [5.74, 6) is 0.0205. The molecule has 5 nitrogen and oxygen atoms in total. The van der Waals surface area contributed by atoms with Crippen LogP contribution in [0.25, 0.3) is 5.69 Å². The van der Waals surface area contributed by atoms with Crippen molar-refractivity contribution in [3.05, 3.63) is 83.2 Å². The third-order valence-electron chi connectivity index (χ3n) is 4.62. The predicted molar refractivity (Wildman–Crippen MR) is 108 cm³/mol. The van der Waals surface area contributed by atoms with Crippen LogP contribution >= 0.6 is 0 Å². The maximum atomic E-state index is 12.2. The van der Waals surface area contributed by atoms with Crippen LogP contribution < -0.4 is 5.32 Å². The van der Waals surface area contributed by atoms with Gasteiger partial charge in [0.1, 0.15) is 0 Å². The smallest absolute Gasteiger partial charge is 0.234 e. The van der Waals surface area contributed by atoms with Gasteiger partial charge in [-0.15, -0.1) is 0 Å². The van der Waals surface area contributed by atoms with E-state index in [-0.39, 0.29) is 5.91 Å². The number of nitrogens with zero attached hydrogens (tertiary/aromatic N) is 3. The van der Waals surface area contributed by atoms with E-state index in [1.54, 1.807) is 0 Å². The van der Waals surface area contributed by atoms with Gasteiger partial charge < -0.3 is 5.32 Å². The number of hydrogen-bond donors (Lipinski definition) is 1. The Morgan fingerprint density at radius 3 is 2.33 bits per heavy atom. The van der Waals surface area contributed by atoms with Gasteiger partial charge in [0, 0.05) is 24.3 Å². The van der Waals surface area contributed by atoms with Crippen molar-refractivity contribution < 1.29 is 4.79 Å². The molecule has 0 saturated carbocycles. The van der Waals surface area contributed by atoms with Gasteiger partial charge in [-0.3, -0.25) is 9.69 Å². The molecule has 0 unspecified atom stereocenters. The highest BCUT2D eigenvalue weighted by atomic mass is 16.2. The maximum Gasteiger partial charge on any atom is 0.234 e. The van der Waals surface area contributed by atoms with Crippen LogP contribution in [0.15, 0.2) is 60.7 Å². The van der Waals surface area contributed by atoms with Crippen molar-refractivity contribution in [3.8, 4) is 5.69 Å². The number of para-hydroxylation sites is 1. The molecule has 5 heteroatoms. The van der Waals surface area contributed by atoms with Gasteiger partial charge in [-0.25, -0.2) is 4.68 Å². The zero-order valence-corrected chi connectivity index (χ0v) is 16.1. The minimum Gasteiger partial charge on any atom is -0.351 e. The van der Waals surface area contributed by atoms with E-state index in [9.17, 15) is 4.79 Å². The molecule has 1 amide bonds. The Morgan fingerprint density at radius 1 is 1.04 bits per heavy atom. The zero-order chi connectivity index (χ0) is 19.2. The highest BCUT2D eigenvalue weighted by molar-refractivity contribution is 5.77. The highest BCUT2D eigenvalue weighted by Gasteiger charge is 2.15. The molecule has 0 aliphatic rings. The van der Waals surface area contributed by atoms with E-state index in [0.29, 0.717) is 19.6 Å². The average Bonchev–Trinajstić information content (AvgIpc) is 2.96. The lowest BCUT2D eigenvalue weighted by molar-refractivity contribution is -0.122. The van der Waals surface area contributed by atoms with Gasteiger partial charge in [0.25, 0.3) is 0 Å². The minimum atomic E-state index is 0.0205. The summed E-state index contributed by atoms with van der Waals surface area (Å²) >= 11 is 0. The first kappa shape index (κ1) is 18.9. The van der Waals surface area contributed by atoms with Crippen LogP contribution in [0.3, 0.4) is 0 Å². The molecule has 1 N–H and O–H groups in total. The standard InChI is InChI=1S/C22H26N4O/c1-17-21(18(2)26(24-17)20-12-8-5-9-13-20)15-25(3)16-22(27)23-14-19-10-6-4-7-11-19/h4-13H,14-16H2,1-3H3,(H,23,27). The van der Waals surface area contributed by atoms with Crippen molar-refractivity contribution >= 4 is 5.91 Å². The van der Waals surface area contributed by atoms with Crippen molar-refractivity contribution in [1.29, 1.82) is 0 Å². The summed E-state index contributed by atoms with van der Waals surface area (Å²) in [6.45, 7) is 5.68. The first-order valence-electron chi connectivity index (χ1n) is 9.14. The molecule has 3 aromatic rings. The second-order valence-electron chi connectivity index (χ2n) is 6.83. The Balaban J connectivity index is 1.60. The molecule has 0 bridgehead atoms. The molecule has 0 fully saturated rings. The summed E-state index contributed by atoms with van der Waals surface area (Å²) in [6.07, 6.45) is 0. The summed E-state index contributed by atoms with van der Waals surface area (Å²) in [5, 5.41) is 7.65. The number of carbonyl (C=O) groups is 1. The number of hydrogen-bond acceptors (Lipinski definition) is 3. The Bertz CT molecular complexity index is 887. The normalized spacial score (nSPS) is 11.0. The van der Waals surface area contributed by atoms with Crippen LogP contribution in [-0.2, 0) is 17.9 Å². The van der Waals surface area contributed by atoms with Gasteiger partial charge in [-0.1, -0.05) is 48.5 Å². The van der Waals surface area contributed by atoms with Crippen molar-refractivity contribution in [2.24, 2.45) is 0 Å². The van der Waals surface area contributed by atoms with E-state index >= 15 is 0 Å². The molecular weight excluding hydrogens is 336 g/mol. The fourth-order valence-corrected chi connectivity index (χ4v) is 3.15. The number of carbonyl (C=O) groups excluding carboxylic acids is 1. The van der Waals surface area contributed by atoms with E-state index in [0.717, 1.165) is 28.2 Å². The number of benzene rings is 2. The van der Waals surface area contributed by atoms with Crippen molar-refractivity contribution in [2.45, 2.75) is 26.9 Å². The van der Waals surface area contributed by atoms with Gasteiger partial charge in [-0.05, 0) is 38.6 Å². The Hall–Kier alpha value is -2.92. The van der Waals surface area contributed by atoms with Crippen molar-refractivity contribution in [2.75, 3.05) is 13.6 Å². The van der Waals surface area contributed by atoms with Gasteiger partial charge >= 0.3 is 0 Å². The molecule has 2 aromatic carbocycles. The summed E-state index contributed by atoms with van der Waals surface area (Å²) in [7, 11) is 1.96. The Kier molecular flexibility index (Phi) is 6.04. The average molecular weight is 362 g/mol. The Morgan fingerprint density at radius 2 is 1.67 bits per heavy atom. The molecule has 0 saturated heterocycles. The summed E-state index contributed by atoms with van der Waals surface area (Å²) in [4.78, 5) is 14.3. The number of amides is 1. The summed E-state index contributed by atoms with van der Waals surface area (Å²) in [6, 6.07) is 20.0. The molecule has 1 aromatic heterocycles. The largest absolute Gasteiger partial charge is 0.351 e. The third-order valence-corrected chi connectivity index (χ3v) is 4.62. The SMILES string of the molecule is Cc1nn(-c2ccccc2)c(C)c1CN(C)CC(=O)NCc1ccccc1. The number of likely N-dealkylation sites (N-methyl/N-ethyl adjacent to an activating group) is 1. The van der Waals surface area contributed by atoms with E-state index in [4.69, 9.17) is 0 Å². The van der Waals surface area contributed by atoms with Crippen molar-refractivity contribution in [1.82, 2.24) is 20.0 Å². The van der Waals surface area contributed by atoms with E-state index < -0.39 is 0 Å². The van der Waals surface area contributed by atoms with E-state index in [1.807, 2.05) is 84.2 Å². The first-order chi connectivity index (χ1) is 13.0. The molecule has 0 atom stereocenters. The topological polar surface area (TPSA) is 50.2 Å². The van der Waals surface area contributed by atoms with Crippen molar-refractivity contribution in [3.63, 3.8) is 0 Å². The Labute approximate surface area is 160 Å². The van der Waals surface area contributed by atoms with E-state index in [1.165, 1.54) is 0 Å². The molecular formula is C22H26N4O. The van der Waals surface area contributed by atoms with Crippen LogP contribution in [-0.4, -0.2) is 34.2 Å². The summed E-state index contributed by atoms with van der Waals surface area (Å²) in [5.41, 5.74) is 5.41. The number of rotatable bonds is 7. The molecule has 140 valence electrons. The summed E-state index contributed by atoms with van der Waals surface area (Å²) < 4.78 is 1.97. The molecule has 3 rings (SSSR count). The minimum absolute atomic E-state index is 0.0205. The van der Waals surface area contributed by atoms with Gasteiger partial charge in [0.15, 0.2) is 0 Å². The number of nitrogens with one attached hydrogen (secondary N) is 1. The lowest BCUT2D eigenvalue weighted by Crippen LogP contribution is -2.34. The van der Waals surface area contributed by atoms with Gasteiger partial charge in [-0.2, -0.15) is 5.10 Å². The number of aromatic nitrogens is 2. The molecule has 0 aliphatic carbocycles. The van der Waals surface area contributed by atoms with Crippen LogP contribution in [0, 0.1) is 13.8 Å². The maximum absolute atomic E-state index is 12.2. The van der Waals surface area contributed by atoms with Crippen LogP contribution in [0.5, 0.6) is 0 Å².